The van der Waals surface area contributed by atoms with Gasteiger partial charge in [-0.2, -0.15) is 10.3 Å². The molecule has 0 aliphatic carbocycles. The largest absolute Gasteiger partial charge is 0.493 e. The van der Waals surface area contributed by atoms with E-state index in [1.807, 2.05) is 41.8 Å². The molecule has 0 radical (unpaired) electrons. The maximum Gasteiger partial charge on any atom is 0.283 e. The van der Waals surface area contributed by atoms with Gasteiger partial charge in [-0.3, -0.25) is 15.1 Å². The molecule has 7 nitrogen and oxygen atoms in total. The van der Waals surface area contributed by atoms with Gasteiger partial charge in [0.25, 0.3) is 5.91 Å². The molecule has 0 spiro atoms. The Hall–Kier alpha value is -3.83. The van der Waals surface area contributed by atoms with Crippen molar-refractivity contribution in [1.82, 2.24) is 4.90 Å². The molecule has 1 N–H and O–H groups in total. The topological polar surface area (TPSA) is 98.8 Å². The van der Waals surface area contributed by atoms with Crippen molar-refractivity contribution in [2.24, 2.45) is 4.99 Å². The van der Waals surface area contributed by atoms with E-state index in [9.17, 15) is 4.79 Å². The molecule has 148 valence electrons. The van der Waals surface area contributed by atoms with Gasteiger partial charge in [0.05, 0.1) is 18.4 Å². The van der Waals surface area contributed by atoms with Crippen molar-refractivity contribution in [3.63, 3.8) is 0 Å². The van der Waals surface area contributed by atoms with E-state index in [0.29, 0.717) is 22.2 Å². The third-order valence-electron chi connectivity index (χ3n) is 4.47. The minimum atomic E-state index is -0.467. The van der Waals surface area contributed by atoms with E-state index in [1.54, 1.807) is 29.2 Å². The number of nitrogens with zero attached hydrogens (tertiary/aromatic N) is 3. The van der Waals surface area contributed by atoms with Crippen molar-refractivity contribution in [2.45, 2.75) is 0 Å². The first kappa shape index (κ1) is 19.5. The fourth-order valence-electron chi connectivity index (χ4n) is 3.08. The highest BCUT2D eigenvalue weighted by atomic mass is 32.2. The first-order chi connectivity index (χ1) is 14.6. The van der Waals surface area contributed by atoms with Gasteiger partial charge < -0.3 is 9.47 Å². The fraction of sp³-hybridized carbons (Fsp3) is 0.0909. The van der Waals surface area contributed by atoms with Gasteiger partial charge in [-0.1, -0.05) is 48.2 Å². The second-order valence-electron chi connectivity index (χ2n) is 6.29. The molecule has 0 unspecified atom stereocenters. The van der Waals surface area contributed by atoms with E-state index in [2.05, 4.69) is 4.99 Å². The molecule has 0 saturated carbocycles. The van der Waals surface area contributed by atoms with Crippen LogP contribution < -0.4 is 9.47 Å². The third kappa shape index (κ3) is 3.58. The molecule has 2 aromatic carbocycles. The van der Waals surface area contributed by atoms with Crippen LogP contribution in [0.5, 0.6) is 11.5 Å². The highest BCUT2D eigenvalue weighted by Gasteiger charge is 2.36. The number of benzene rings is 2. The SMILES string of the molecule is COc1cc(/C=C2/C(=N)N3C(c4ccccc4)=CSC3=NC2=O)ccc1OCC#N. The lowest BCUT2D eigenvalue weighted by Crippen LogP contribution is -2.38. The van der Waals surface area contributed by atoms with Crippen molar-refractivity contribution in [1.29, 1.82) is 10.7 Å². The molecule has 0 atom stereocenters. The number of rotatable bonds is 5. The highest BCUT2D eigenvalue weighted by molar-refractivity contribution is 8.17. The number of hydrogen-bond acceptors (Lipinski definition) is 6. The number of thioether (sulfide) groups is 1. The van der Waals surface area contributed by atoms with Gasteiger partial charge in [0, 0.05) is 5.41 Å². The molecule has 0 saturated heterocycles. The number of aliphatic imine (C=N–C) groups is 1. The number of fused-ring (bicyclic) bond motifs is 1. The number of carbonyl (C=O) groups excluding carboxylic acids is 1. The zero-order chi connectivity index (χ0) is 21.1. The molecule has 0 aromatic heterocycles. The van der Waals surface area contributed by atoms with Crippen LogP contribution >= 0.6 is 11.8 Å². The second-order valence-corrected chi connectivity index (χ2v) is 7.12. The van der Waals surface area contributed by atoms with Crippen LogP contribution in [0, 0.1) is 16.7 Å². The lowest BCUT2D eigenvalue weighted by Gasteiger charge is -2.27. The summed E-state index contributed by atoms with van der Waals surface area (Å²) < 4.78 is 10.6. The zero-order valence-corrected chi connectivity index (χ0v) is 16.8. The number of hydrogen-bond donors (Lipinski definition) is 1. The Kier molecular flexibility index (Phi) is 5.37. The van der Waals surface area contributed by atoms with Crippen LogP contribution in [-0.4, -0.2) is 35.5 Å². The van der Waals surface area contributed by atoms with Crippen LogP contribution in [-0.2, 0) is 4.79 Å². The van der Waals surface area contributed by atoms with E-state index in [4.69, 9.17) is 20.1 Å². The molecular weight excluding hydrogens is 400 g/mol. The number of nitrogens with one attached hydrogen (secondary N) is 1. The minimum Gasteiger partial charge on any atom is -0.493 e. The van der Waals surface area contributed by atoms with Gasteiger partial charge in [-0.05, 0) is 29.3 Å². The van der Waals surface area contributed by atoms with E-state index in [-0.39, 0.29) is 18.0 Å². The van der Waals surface area contributed by atoms with E-state index in [1.165, 1.54) is 18.9 Å². The van der Waals surface area contributed by atoms with Crippen LogP contribution in [0.15, 0.2) is 64.5 Å². The molecule has 0 bridgehead atoms. The summed E-state index contributed by atoms with van der Waals surface area (Å²) >= 11 is 1.32. The number of methoxy groups -OCH3 is 1. The maximum absolute atomic E-state index is 12.6. The Balaban J connectivity index is 1.68. The van der Waals surface area contributed by atoms with Crippen LogP contribution in [0.25, 0.3) is 11.8 Å². The molecule has 30 heavy (non-hydrogen) atoms. The third-order valence-corrected chi connectivity index (χ3v) is 5.30. The standard InChI is InChI=1S/C22H16N4O3S/c1-28-19-12-14(7-8-18(19)29-10-9-23)11-16-20(24)26-17(15-5-3-2-4-6-15)13-30-22(26)25-21(16)27/h2-8,11-13,24H,10H2,1H3/b16-11-,24-20?. The van der Waals surface area contributed by atoms with Crippen molar-refractivity contribution in [2.75, 3.05) is 13.7 Å². The fourth-order valence-corrected chi connectivity index (χ4v) is 3.97. The molecule has 2 aliphatic heterocycles. The lowest BCUT2D eigenvalue weighted by atomic mass is 10.1. The van der Waals surface area contributed by atoms with Gasteiger partial charge in [0.1, 0.15) is 11.9 Å². The Morgan fingerprint density at radius 2 is 2.03 bits per heavy atom. The molecule has 2 heterocycles. The molecule has 2 aliphatic rings. The number of nitriles is 1. The number of amides is 1. The molecule has 0 fully saturated rings. The average molecular weight is 416 g/mol. The van der Waals surface area contributed by atoms with Crippen LogP contribution in [0.2, 0.25) is 0 Å². The van der Waals surface area contributed by atoms with Crippen LogP contribution in [0.4, 0.5) is 0 Å². The monoisotopic (exact) mass is 416 g/mol. The Morgan fingerprint density at radius 3 is 2.77 bits per heavy atom. The molecule has 8 heteroatoms. The van der Waals surface area contributed by atoms with Crippen LogP contribution in [0.1, 0.15) is 11.1 Å². The Morgan fingerprint density at radius 1 is 1.23 bits per heavy atom. The predicted molar refractivity (Wildman–Crippen MR) is 116 cm³/mol. The van der Waals surface area contributed by atoms with Crippen LogP contribution in [0.3, 0.4) is 0 Å². The summed E-state index contributed by atoms with van der Waals surface area (Å²) in [6.07, 6.45) is 1.60. The number of ether oxygens (including phenoxy) is 2. The zero-order valence-electron chi connectivity index (χ0n) is 16.0. The minimum absolute atomic E-state index is 0.0638. The summed E-state index contributed by atoms with van der Waals surface area (Å²) in [7, 11) is 1.49. The second kappa shape index (κ2) is 8.27. The van der Waals surface area contributed by atoms with Crippen molar-refractivity contribution in [3.8, 4) is 17.6 Å². The molecule has 2 aromatic rings. The summed E-state index contributed by atoms with van der Waals surface area (Å²) in [4.78, 5) is 18.4. The van der Waals surface area contributed by atoms with Gasteiger partial charge >= 0.3 is 0 Å². The van der Waals surface area contributed by atoms with Crippen molar-refractivity contribution >= 4 is 40.4 Å². The van der Waals surface area contributed by atoms with Gasteiger partial charge in [-0.15, -0.1) is 0 Å². The highest BCUT2D eigenvalue weighted by Crippen LogP contribution is 2.37. The summed E-state index contributed by atoms with van der Waals surface area (Å²) in [6, 6.07) is 16.7. The van der Waals surface area contributed by atoms with Crippen molar-refractivity contribution < 1.29 is 14.3 Å². The van der Waals surface area contributed by atoms with E-state index in [0.717, 1.165) is 11.3 Å². The van der Waals surface area contributed by atoms with E-state index >= 15 is 0 Å². The Bertz CT molecular complexity index is 1160. The summed E-state index contributed by atoms with van der Waals surface area (Å²) in [5.74, 6) is 0.455. The summed E-state index contributed by atoms with van der Waals surface area (Å²) in [5.41, 5.74) is 2.57. The van der Waals surface area contributed by atoms with E-state index < -0.39 is 5.91 Å². The van der Waals surface area contributed by atoms with Gasteiger partial charge in [0.15, 0.2) is 23.3 Å². The van der Waals surface area contributed by atoms with Crippen molar-refractivity contribution in [3.05, 3.63) is 70.6 Å². The lowest BCUT2D eigenvalue weighted by molar-refractivity contribution is -0.114. The molecular formula is C22H16N4O3S. The van der Waals surface area contributed by atoms with Gasteiger partial charge in [-0.25, -0.2) is 0 Å². The predicted octanol–water partition coefficient (Wildman–Crippen LogP) is 3.90. The maximum atomic E-state index is 12.6. The smallest absolute Gasteiger partial charge is 0.283 e. The first-order valence-electron chi connectivity index (χ1n) is 8.96. The average Bonchev–Trinajstić information content (AvgIpc) is 3.20. The number of amidine groups is 2. The first-order valence-corrected chi connectivity index (χ1v) is 9.84. The number of carbonyl (C=O) groups is 1. The quantitative estimate of drug-likeness (QED) is 0.742. The summed E-state index contributed by atoms with van der Waals surface area (Å²) in [6.45, 7) is -0.0986. The molecule has 1 amide bonds. The summed E-state index contributed by atoms with van der Waals surface area (Å²) in [5, 5.41) is 19.7. The van der Waals surface area contributed by atoms with Gasteiger partial charge in [0.2, 0.25) is 0 Å². The molecule has 4 rings (SSSR count). The normalized spacial score (nSPS) is 16.7. The Labute approximate surface area is 177 Å².